The number of amides is 1. The molecule has 0 spiro atoms. The van der Waals surface area contributed by atoms with Crippen LogP contribution in [-0.4, -0.2) is 30.3 Å². The average molecular weight is 346 g/mol. The molecule has 2 rings (SSSR count). The fraction of sp³-hybridized carbons (Fsp3) is 0.250. The molecule has 2 aromatic rings. The van der Waals surface area contributed by atoms with Crippen LogP contribution < -0.4 is 5.32 Å². The molecule has 0 bridgehead atoms. The van der Waals surface area contributed by atoms with Crippen molar-refractivity contribution in [3.05, 3.63) is 34.3 Å². The van der Waals surface area contributed by atoms with Gasteiger partial charge in [0.1, 0.15) is 10.8 Å². The number of hydrogen-bond acceptors (Lipinski definition) is 6. The lowest BCUT2D eigenvalue weighted by atomic mass is 10.4. The number of nitrogens with one attached hydrogen (secondary N) is 1. The fourth-order valence-electron chi connectivity index (χ4n) is 1.50. The third-order valence-electron chi connectivity index (χ3n) is 2.51. The Labute approximate surface area is 131 Å². The number of aromatic nitrogens is 2. The molecule has 6 nitrogen and oxygen atoms in total. The molecule has 1 heterocycles. The van der Waals surface area contributed by atoms with Gasteiger partial charge in [-0.1, -0.05) is 29.9 Å². The summed E-state index contributed by atoms with van der Waals surface area (Å²) in [5.74, 6) is -1.31. The molecule has 1 N–H and O–H groups in total. The van der Waals surface area contributed by atoms with E-state index in [0.29, 0.717) is 16.6 Å². The maximum atomic E-state index is 12.1. The normalized spacial score (nSPS) is 11.3. The lowest BCUT2D eigenvalue weighted by Gasteiger charge is -2.04. The van der Waals surface area contributed by atoms with Crippen molar-refractivity contribution in [1.29, 1.82) is 0 Å². The second kappa shape index (κ2) is 6.50. The van der Waals surface area contributed by atoms with E-state index in [0.717, 1.165) is 5.01 Å². The molecule has 1 aromatic heterocycles. The molecular formula is C12H12ClN3O3S2. The molecule has 0 aliphatic carbocycles. The first-order valence-corrected chi connectivity index (χ1v) is 8.86. The van der Waals surface area contributed by atoms with Crippen LogP contribution in [0.3, 0.4) is 0 Å². The summed E-state index contributed by atoms with van der Waals surface area (Å²) in [6, 6.07) is 5.66. The van der Waals surface area contributed by atoms with Crippen molar-refractivity contribution in [1.82, 2.24) is 10.2 Å². The quantitative estimate of drug-likeness (QED) is 0.897. The van der Waals surface area contributed by atoms with Gasteiger partial charge in [0.05, 0.1) is 4.90 Å². The van der Waals surface area contributed by atoms with Gasteiger partial charge in [-0.15, -0.1) is 10.2 Å². The highest BCUT2D eigenvalue weighted by Gasteiger charge is 2.20. The lowest BCUT2D eigenvalue weighted by Crippen LogP contribution is -2.22. The van der Waals surface area contributed by atoms with Crippen LogP contribution in [0, 0.1) is 0 Å². The molecule has 1 amide bonds. The first kappa shape index (κ1) is 15.9. The Balaban J connectivity index is 2.05. The monoisotopic (exact) mass is 345 g/mol. The van der Waals surface area contributed by atoms with Crippen molar-refractivity contribution in [2.24, 2.45) is 0 Å². The molecule has 112 valence electrons. The van der Waals surface area contributed by atoms with E-state index in [1.807, 2.05) is 6.92 Å². The van der Waals surface area contributed by atoms with Crippen LogP contribution in [0.1, 0.15) is 11.9 Å². The molecule has 0 aliphatic heterocycles. The number of anilines is 1. The van der Waals surface area contributed by atoms with Crippen LogP contribution in [0.25, 0.3) is 0 Å². The summed E-state index contributed by atoms with van der Waals surface area (Å²) in [6.07, 6.45) is 0.705. The molecule has 0 saturated heterocycles. The Morgan fingerprint density at radius 2 is 1.95 bits per heavy atom. The van der Waals surface area contributed by atoms with Crippen LogP contribution in [0.5, 0.6) is 0 Å². The van der Waals surface area contributed by atoms with Gasteiger partial charge in [-0.25, -0.2) is 8.42 Å². The van der Waals surface area contributed by atoms with Gasteiger partial charge in [-0.05, 0) is 30.7 Å². The predicted molar refractivity (Wildman–Crippen MR) is 81.4 cm³/mol. The van der Waals surface area contributed by atoms with E-state index in [1.165, 1.54) is 35.6 Å². The number of rotatable bonds is 5. The van der Waals surface area contributed by atoms with Gasteiger partial charge in [-0.3, -0.25) is 10.1 Å². The highest BCUT2D eigenvalue weighted by atomic mass is 35.5. The Morgan fingerprint density at radius 3 is 2.52 bits per heavy atom. The number of carbonyl (C=O) groups excluding carboxylic acids is 1. The number of aryl methyl sites for hydroxylation is 1. The highest BCUT2D eigenvalue weighted by Crippen LogP contribution is 2.17. The minimum absolute atomic E-state index is 0.0496. The summed E-state index contributed by atoms with van der Waals surface area (Å²) < 4.78 is 24.1. The largest absolute Gasteiger partial charge is 0.300 e. The van der Waals surface area contributed by atoms with Gasteiger partial charge in [0.15, 0.2) is 9.84 Å². The third-order valence-corrected chi connectivity index (χ3v) is 5.38. The van der Waals surface area contributed by atoms with E-state index in [4.69, 9.17) is 11.6 Å². The number of sulfone groups is 1. The molecule has 0 atom stereocenters. The summed E-state index contributed by atoms with van der Waals surface area (Å²) in [5, 5.41) is 11.5. The standard InChI is InChI=1S/C12H12ClN3O3S2/c1-2-11-15-16-12(20-11)14-10(17)7-21(18,19)9-5-3-8(13)4-6-9/h3-6H,2,7H2,1H3,(H,14,16,17). The van der Waals surface area contributed by atoms with Gasteiger partial charge in [0.2, 0.25) is 11.0 Å². The summed E-state index contributed by atoms with van der Waals surface area (Å²) in [7, 11) is -3.71. The minimum Gasteiger partial charge on any atom is -0.300 e. The van der Waals surface area contributed by atoms with Crippen molar-refractivity contribution in [2.75, 3.05) is 11.1 Å². The number of carbonyl (C=O) groups is 1. The SMILES string of the molecule is CCc1nnc(NC(=O)CS(=O)(=O)c2ccc(Cl)cc2)s1. The smallest absolute Gasteiger partial charge is 0.241 e. The van der Waals surface area contributed by atoms with E-state index in [9.17, 15) is 13.2 Å². The molecular weight excluding hydrogens is 334 g/mol. The Kier molecular flexibility index (Phi) is 4.92. The molecule has 1 aromatic carbocycles. The predicted octanol–water partition coefficient (Wildman–Crippen LogP) is 2.17. The third kappa shape index (κ3) is 4.23. The Morgan fingerprint density at radius 1 is 1.29 bits per heavy atom. The number of halogens is 1. The van der Waals surface area contributed by atoms with Crippen molar-refractivity contribution in [3.8, 4) is 0 Å². The summed E-state index contributed by atoms with van der Waals surface area (Å²) >= 11 is 6.92. The average Bonchev–Trinajstić information content (AvgIpc) is 2.86. The van der Waals surface area contributed by atoms with Gasteiger partial charge in [0.25, 0.3) is 0 Å². The topological polar surface area (TPSA) is 89.0 Å². The fourth-order valence-corrected chi connectivity index (χ4v) is 3.46. The molecule has 9 heteroatoms. The summed E-state index contributed by atoms with van der Waals surface area (Å²) in [6.45, 7) is 1.91. The van der Waals surface area contributed by atoms with E-state index < -0.39 is 21.5 Å². The van der Waals surface area contributed by atoms with E-state index in [-0.39, 0.29) is 4.90 Å². The summed E-state index contributed by atoms with van der Waals surface area (Å²) in [4.78, 5) is 11.8. The zero-order valence-electron chi connectivity index (χ0n) is 11.0. The van der Waals surface area contributed by atoms with Crippen molar-refractivity contribution in [3.63, 3.8) is 0 Å². The van der Waals surface area contributed by atoms with E-state index in [2.05, 4.69) is 15.5 Å². The zero-order valence-corrected chi connectivity index (χ0v) is 13.4. The second-order valence-corrected chi connectivity index (χ2v) is 7.60. The molecule has 0 saturated carbocycles. The van der Waals surface area contributed by atoms with Crippen molar-refractivity contribution >= 4 is 43.8 Å². The maximum Gasteiger partial charge on any atom is 0.241 e. The first-order chi connectivity index (χ1) is 9.90. The lowest BCUT2D eigenvalue weighted by molar-refractivity contribution is -0.113. The van der Waals surface area contributed by atoms with Gasteiger partial charge >= 0.3 is 0 Å². The van der Waals surface area contributed by atoms with Gasteiger partial charge in [0, 0.05) is 5.02 Å². The highest BCUT2D eigenvalue weighted by molar-refractivity contribution is 7.92. The number of benzene rings is 1. The molecule has 0 aliphatic rings. The maximum absolute atomic E-state index is 12.1. The zero-order chi connectivity index (χ0) is 15.5. The molecule has 0 fully saturated rings. The van der Waals surface area contributed by atoms with Crippen LogP contribution in [-0.2, 0) is 21.1 Å². The van der Waals surface area contributed by atoms with E-state index >= 15 is 0 Å². The number of nitrogens with zero attached hydrogens (tertiary/aromatic N) is 2. The van der Waals surface area contributed by atoms with Crippen LogP contribution >= 0.6 is 22.9 Å². The van der Waals surface area contributed by atoms with Crippen LogP contribution in [0.15, 0.2) is 29.2 Å². The minimum atomic E-state index is -3.71. The van der Waals surface area contributed by atoms with E-state index in [1.54, 1.807) is 0 Å². The summed E-state index contributed by atoms with van der Waals surface area (Å²) in [5.41, 5.74) is 0. The number of hydrogen-bond donors (Lipinski definition) is 1. The Bertz CT molecular complexity index is 741. The van der Waals surface area contributed by atoms with Crippen LogP contribution in [0.4, 0.5) is 5.13 Å². The second-order valence-electron chi connectivity index (χ2n) is 4.12. The van der Waals surface area contributed by atoms with Gasteiger partial charge in [-0.2, -0.15) is 0 Å². The van der Waals surface area contributed by atoms with Crippen molar-refractivity contribution < 1.29 is 13.2 Å². The van der Waals surface area contributed by atoms with Crippen LogP contribution in [0.2, 0.25) is 5.02 Å². The molecule has 0 unspecified atom stereocenters. The van der Waals surface area contributed by atoms with Gasteiger partial charge < -0.3 is 0 Å². The molecule has 21 heavy (non-hydrogen) atoms. The Hall–Kier alpha value is -1.51. The van der Waals surface area contributed by atoms with Crippen molar-refractivity contribution in [2.45, 2.75) is 18.2 Å². The first-order valence-electron chi connectivity index (χ1n) is 6.01. The molecule has 0 radical (unpaired) electrons.